The molecule has 4 rings (SSSR count). The monoisotopic (exact) mass is 428 g/mol. The molecule has 2 amide bonds. The van der Waals surface area contributed by atoms with Gasteiger partial charge in [-0.2, -0.15) is 5.10 Å². The second kappa shape index (κ2) is 7.89. The molecule has 2 aromatic carbocycles. The first kappa shape index (κ1) is 19.5. The molecule has 1 aliphatic rings. The lowest BCUT2D eigenvalue weighted by atomic mass is 10.1. The van der Waals surface area contributed by atoms with Crippen LogP contribution < -0.4 is 5.32 Å². The number of benzene rings is 2. The zero-order chi connectivity index (χ0) is 20.5. The Morgan fingerprint density at radius 3 is 2.48 bits per heavy atom. The number of fused-ring (bicyclic) bond motifs is 1. The van der Waals surface area contributed by atoms with Crippen molar-refractivity contribution < 1.29 is 9.59 Å². The minimum Gasteiger partial charge on any atom is -0.331 e. The second-order valence-electron chi connectivity index (χ2n) is 6.89. The van der Waals surface area contributed by atoms with E-state index in [0.29, 0.717) is 46.6 Å². The van der Waals surface area contributed by atoms with E-state index in [2.05, 4.69) is 10.4 Å². The molecular weight excluding hydrogens is 411 g/mol. The first-order chi connectivity index (χ1) is 13.9. The summed E-state index contributed by atoms with van der Waals surface area (Å²) in [5, 5.41) is 8.13. The number of nitrogens with zero attached hydrogens (tertiary/aromatic N) is 3. The Hall–Kier alpha value is -2.83. The molecule has 6 nitrogen and oxygen atoms in total. The number of hydrogen-bond acceptors (Lipinski definition) is 3. The van der Waals surface area contributed by atoms with Crippen LogP contribution in [0.2, 0.25) is 10.0 Å². The summed E-state index contributed by atoms with van der Waals surface area (Å²) in [5.41, 5.74) is 3.05. The zero-order valence-electron chi connectivity index (χ0n) is 15.7. The number of carbonyl (C=O) groups excluding carboxylic acids is 2. The SMILES string of the molecule is Cc1ccc(NC(=O)c2cc3n(n2)CCN(Cc2c(Cl)cccc2Cl)C3=O)cc1. The van der Waals surface area contributed by atoms with Crippen molar-refractivity contribution >= 4 is 40.7 Å². The van der Waals surface area contributed by atoms with Crippen LogP contribution in [-0.2, 0) is 13.1 Å². The second-order valence-corrected chi connectivity index (χ2v) is 7.70. The Morgan fingerprint density at radius 1 is 1.10 bits per heavy atom. The third-order valence-corrected chi connectivity index (χ3v) is 5.53. The van der Waals surface area contributed by atoms with E-state index >= 15 is 0 Å². The lowest BCUT2D eigenvalue weighted by Crippen LogP contribution is -2.39. The van der Waals surface area contributed by atoms with Crippen LogP contribution in [0.5, 0.6) is 0 Å². The summed E-state index contributed by atoms with van der Waals surface area (Å²) in [6, 6.07) is 14.2. The van der Waals surface area contributed by atoms with Gasteiger partial charge in [-0.05, 0) is 31.2 Å². The van der Waals surface area contributed by atoms with Gasteiger partial charge in [0, 0.05) is 40.5 Å². The van der Waals surface area contributed by atoms with Crippen molar-refractivity contribution in [3.63, 3.8) is 0 Å². The summed E-state index contributed by atoms with van der Waals surface area (Å²) in [5.74, 6) is -0.571. The van der Waals surface area contributed by atoms with Gasteiger partial charge in [-0.1, -0.05) is 47.0 Å². The van der Waals surface area contributed by atoms with Gasteiger partial charge in [0.1, 0.15) is 5.69 Å². The average Bonchev–Trinajstić information content (AvgIpc) is 3.14. The number of hydrogen-bond donors (Lipinski definition) is 1. The molecule has 1 N–H and O–H groups in total. The van der Waals surface area contributed by atoms with Gasteiger partial charge in [0.05, 0.1) is 6.54 Å². The Labute approximate surface area is 178 Å². The zero-order valence-corrected chi connectivity index (χ0v) is 17.2. The fraction of sp³-hybridized carbons (Fsp3) is 0.190. The van der Waals surface area contributed by atoms with E-state index in [0.717, 1.165) is 5.56 Å². The van der Waals surface area contributed by atoms with Crippen LogP contribution >= 0.6 is 23.2 Å². The van der Waals surface area contributed by atoms with E-state index in [4.69, 9.17) is 23.2 Å². The molecule has 0 radical (unpaired) electrons. The number of amides is 2. The van der Waals surface area contributed by atoms with Gasteiger partial charge in [-0.3, -0.25) is 14.3 Å². The first-order valence-electron chi connectivity index (χ1n) is 9.10. The summed E-state index contributed by atoms with van der Waals surface area (Å²) in [7, 11) is 0. The standard InChI is InChI=1S/C21H18Cl2N4O2/c1-13-5-7-14(8-6-13)24-20(28)18-11-19-21(29)26(9-10-27(19)25-18)12-15-16(22)3-2-4-17(15)23/h2-8,11H,9-10,12H2,1H3,(H,24,28). The first-order valence-corrected chi connectivity index (χ1v) is 9.86. The summed E-state index contributed by atoms with van der Waals surface area (Å²) in [6.07, 6.45) is 0. The highest BCUT2D eigenvalue weighted by atomic mass is 35.5. The number of halogens is 2. The molecule has 0 fully saturated rings. The average molecular weight is 429 g/mol. The van der Waals surface area contributed by atoms with Crippen LogP contribution in [0.1, 0.15) is 32.1 Å². The number of nitrogens with one attached hydrogen (secondary N) is 1. The fourth-order valence-corrected chi connectivity index (χ4v) is 3.72. The van der Waals surface area contributed by atoms with Crippen LogP contribution in [0, 0.1) is 6.92 Å². The van der Waals surface area contributed by atoms with Crippen molar-refractivity contribution in [2.75, 3.05) is 11.9 Å². The normalized spacial score (nSPS) is 13.3. The summed E-state index contributed by atoms with van der Waals surface area (Å²) < 4.78 is 1.57. The molecule has 8 heteroatoms. The van der Waals surface area contributed by atoms with Crippen molar-refractivity contribution in [3.05, 3.63) is 81.1 Å². The predicted molar refractivity (Wildman–Crippen MR) is 113 cm³/mol. The lowest BCUT2D eigenvalue weighted by Gasteiger charge is -2.28. The largest absolute Gasteiger partial charge is 0.331 e. The Kier molecular flexibility index (Phi) is 5.30. The molecule has 0 saturated heterocycles. The minimum atomic E-state index is -0.357. The van der Waals surface area contributed by atoms with Crippen LogP contribution in [0.15, 0.2) is 48.5 Å². The number of carbonyl (C=O) groups is 2. The molecule has 3 aromatic rings. The maximum absolute atomic E-state index is 12.9. The highest BCUT2D eigenvalue weighted by molar-refractivity contribution is 6.36. The van der Waals surface area contributed by atoms with Crippen molar-refractivity contribution in [2.45, 2.75) is 20.0 Å². The topological polar surface area (TPSA) is 67.2 Å². The molecule has 1 aromatic heterocycles. The van der Waals surface area contributed by atoms with Gasteiger partial charge in [-0.15, -0.1) is 0 Å². The maximum atomic E-state index is 12.9. The number of rotatable bonds is 4. The molecule has 0 unspecified atom stereocenters. The Morgan fingerprint density at radius 2 is 1.79 bits per heavy atom. The van der Waals surface area contributed by atoms with Gasteiger partial charge < -0.3 is 10.2 Å². The van der Waals surface area contributed by atoms with Gasteiger partial charge in [-0.25, -0.2) is 0 Å². The molecule has 0 spiro atoms. The molecule has 2 heterocycles. The summed E-state index contributed by atoms with van der Waals surface area (Å²) in [6.45, 7) is 3.21. The number of aromatic nitrogens is 2. The third kappa shape index (κ3) is 3.99. The van der Waals surface area contributed by atoms with Gasteiger partial charge in [0.15, 0.2) is 5.69 Å². The van der Waals surface area contributed by atoms with E-state index < -0.39 is 0 Å². The summed E-state index contributed by atoms with van der Waals surface area (Å²) >= 11 is 12.5. The maximum Gasteiger partial charge on any atom is 0.276 e. The smallest absolute Gasteiger partial charge is 0.276 e. The quantitative estimate of drug-likeness (QED) is 0.668. The van der Waals surface area contributed by atoms with Crippen LogP contribution in [-0.4, -0.2) is 33.0 Å². The molecule has 0 atom stereocenters. The molecule has 0 saturated carbocycles. The van der Waals surface area contributed by atoms with E-state index in [1.807, 2.05) is 31.2 Å². The van der Waals surface area contributed by atoms with Crippen LogP contribution in [0.25, 0.3) is 0 Å². The molecular formula is C21H18Cl2N4O2. The van der Waals surface area contributed by atoms with Gasteiger partial charge in [0.2, 0.25) is 0 Å². The van der Waals surface area contributed by atoms with Gasteiger partial charge in [0.25, 0.3) is 11.8 Å². The molecule has 29 heavy (non-hydrogen) atoms. The highest BCUT2D eigenvalue weighted by Gasteiger charge is 2.28. The number of aryl methyl sites for hydroxylation is 1. The molecule has 1 aliphatic heterocycles. The van der Waals surface area contributed by atoms with E-state index in [9.17, 15) is 9.59 Å². The highest BCUT2D eigenvalue weighted by Crippen LogP contribution is 2.27. The molecule has 0 aliphatic carbocycles. The fourth-order valence-electron chi connectivity index (χ4n) is 3.21. The Bertz CT molecular complexity index is 1070. The molecule has 0 bridgehead atoms. The predicted octanol–water partition coefficient (Wildman–Crippen LogP) is 4.41. The van der Waals surface area contributed by atoms with Crippen LogP contribution in [0.3, 0.4) is 0 Å². The van der Waals surface area contributed by atoms with Crippen molar-refractivity contribution in [2.24, 2.45) is 0 Å². The van der Waals surface area contributed by atoms with Crippen molar-refractivity contribution in [1.82, 2.24) is 14.7 Å². The third-order valence-electron chi connectivity index (χ3n) is 4.82. The summed E-state index contributed by atoms with van der Waals surface area (Å²) in [4.78, 5) is 27.1. The van der Waals surface area contributed by atoms with Crippen LogP contribution in [0.4, 0.5) is 5.69 Å². The number of anilines is 1. The Balaban J connectivity index is 1.52. The minimum absolute atomic E-state index is 0.201. The van der Waals surface area contributed by atoms with E-state index in [1.54, 1.807) is 27.8 Å². The van der Waals surface area contributed by atoms with Gasteiger partial charge >= 0.3 is 0 Å². The van der Waals surface area contributed by atoms with Crippen molar-refractivity contribution in [3.8, 4) is 0 Å². The lowest BCUT2D eigenvalue weighted by molar-refractivity contribution is 0.0683. The van der Waals surface area contributed by atoms with Crippen molar-refractivity contribution in [1.29, 1.82) is 0 Å². The van der Waals surface area contributed by atoms with E-state index in [1.165, 1.54) is 6.07 Å². The molecule has 148 valence electrons. The van der Waals surface area contributed by atoms with E-state index in [-0.39, 0.29) is 17.5 Å².